The molecule has 25 heavy (non-hydrogen) atoms. The number of sulfonamides is 1. The molecule has 0 saturated carbocycles. The van der Waals surface area contributed by atoms with Crippen molar-refractivity contribution in [3.63, 3.8) is 0 Å². The molecule has 0 aliphatic carbocycles. The van der Waals surface area contributed by atoms with Gasteiger partial charge in [0.1, 0.15) is 5.25 Å². The van der Waals surface area contributed by atoms with Crippen molar-refractivity contribution in [2.45, 2.75) is 44.0 Å². The normalized spacial score (nSPS) is 31.0. The zero-order chi connectivity index (χ0) is 18.0. The van der Waals surface area contributed by atoms with Gasteiger partial charge in [-0.15, -0.1) is 0 Å². The van der Waals surface area contributed by atoms with E-state index in [1.165, 1.54) is 4.31 Å². The van der Waals surface area contributed by atoms with Crippen LogP contribution >= 0.6 is 0 Å². The number of piperidine rings is 1. The Labute approximate surface area is 149 Å². The first-order valence-electron chi connectivity index (χ1n) is 8.75. The van der Waals surface area contributed by atoms with Gasteiger partial charge in [0, 0.05) is 30.9 Å². The lowest BCUT2D eigenvalue weighted by atomic mass is 9.99. The zero-order valence-electron chi connectivity index (χ0n) is 14.6. The van der Waals surface area contributed by atoms with Crippen molar-refractivity contribution < 1.29 is 13.2 Å². The number of rotatable bonds is 4. The van der Waals surface area contributed by atoms with Crippen molar-refractivity contribution in [3.8, 4) is 0 Å². The summed E-state index contributed by atoms with van der Waals surface area (Å²) in [5.41, 5.74) is 6.73. The molecule has 3 unspecified atom stereocenters. The Morgan fingerprint density at radius 3 is 2.44 bits per heavy atom. The highest BCUT2D eigenvalue weighted by molar-refractivity contribution is 7.89. The molecule has 2 fully saturated rings. The summed E-state index contributed by atoms with van der Waals surface area (Å²) < 4.78 is 27.6. The smallest absolute Gasteiger partial charge is 0.228 e. The van der Waals surface area contributed by atoms with Gasteiger partial charge in [-0.2, -0.15) is 0 Å². The summed E-state index contributed by atoms with van der Waals surface area (Å²) in [6.45, 7) is 4.45. The van der Waals surface area contributed by atoms with Crippen molar-refractivity contribution in [3.05, 3.63) is 30.3 Å². The molecule has 7 nitrogen and oxygen atoms in total. The lowest BCUT2D eigenvalue weighted by Gasteiger charge is -2.34. The Balaban J connectivity index is 1.69. The van der Waals surface area contributed by atoms with Crippen LogP contribution in [0.15, 0.2) is 30.3 Å². The molecule has 3 rings (SSSR count). The minimum absolute atomic E-state index is 0.116. The van der Waals surface area contributed by atoms with Gasteiger partial charge in [0.15, 0.2) is 0 Å². The molecule has 2 aliphatic rings. The summed E-state index contributed by atoms with van der Waals surface area (Å²) in [4.78, 5) is 12.5. The van der Waals surface area contributed by atoms with Gasteiger partial charge in [-0.3, -0.25) is 15.6 Å². The molecular formula is C17H26N4O3S. The Morgan fingerprint density at radius 1 is 1.16 bits per heavy atom. The highest BCUT2D eigenvalue weighted by Gasteiger charge is 2.45. The predicted molar refractivity (Wildman–Crippen MR) is 97.3 cm³/mol. The minimum atomic E-state index is -3.47. The van der Waals surface area contributed by atoms with Crippen LogP contribution < -0.4 is 16.2 Å². The number of para-hydroxylation sites is 1. The molecule has 3 N–H and O–H groups in total. The number of carbonyl (C=O) groups is 1. The maximum Gasteiger partial charge on any atom is 0.228 e. The van der Waals surface area contributed by atoms with Gasteiger partial charge >= 0.3 is 0 Å². The van der Waals surface area contributed by atoms with Gasteiger partial charge in [-0.25, -0.2) is 12.7 Å². The Bertz CT molecular complexity index is 700. The van der Waals surface area contributed by atoms with E-state index in [1.54, 1.807) is 0 Å². The standard InChI is InChI=1S/C17H26N4O3S/c1-12-16(13(2)20-19-12)25(23,24)21-10-6-7-14(11-21)17(22)18-15-8-4-3-5-9-15/h3-5,8-9,12-14,16,19-20H,6-7,10-11H2,1-2H3,(H,18,22). The third-order valence-corrected chi connectivity index (χ3v) is 7.58. The fourth-order valence-corrected chi connectivity index (χ4v) is 5.99. The van der Waals surface area contributed by atoms with Crippen LogP contribution in [0.2, 0.25) is 0 Å². The first-order chi connectivity index (χ1) is 11.9. The number of carbonyl (C=O) groups excluding carboxylic acids is 1. The van der Waals surface area contributed by atoms with E-state index in [9.17, 15) is 13.2 Å². The second-order valence-corrected chi connectivity index (χ2v) is 9.02. The summed E-state index contributed by atoms with van der Waals surface area (Å²) in [7, 11) is -3.47. The molecule has 0 aromatic heterocycles. The summed E-state index contributed by atoms with van der Waals surface area (Å²) in [6.07, 6.45) is 1.40. The van der Waals surface area contributed by atoms with Crippen molar-refractivity contribution in [2.24, 2.45) is 5.92 Å². The lowest BCUT2D eigenvalue weighted by Crippen LogP contribution is -2.51. The summed E-state index contributed by atoms with van der Waals surface area (Å²) >= 11 is 0. The molecule has 2 aliphatic heterocycles. The summed E-state index contributed by atoms with van der Waals surface area (Å²) in [5.74, 6) is -0.438. The lowest BCUT2D eigenvalue weighted by molar-refractivity contribution is -0.120. The van der Waals surface area contributed by atoms with E-state index in [-0.39, 0.29) is 30.5 Å². The van der Waals surface area contributed by atoms with Crippen LogP contribution in [0, 0.1) is 5.92 Å². The van der Waals surface area contributed by atoms with E-state index in [4.69, 9.17) is 0 Å². The molecule has 0 radical (unpaired) electrons. The van der Waals surface area contributed by atoms with Gasteiger partial charge in [-0.1, -0.05) is 18.2 Å². The first-order valence-corrected chi connectivity index (χ1v) is 10.3. The quantitative estimate of drug-likeness (QED) is 0.737. The second-order valence-electron chi connectivity index (χ2n) is 6.93. The molecule has 1 amide bonds. The molecule has 138 valence electrons. The molecular weight excluding hydrogens is 340 g/mol. The highest BCUT2D eigenvalue weighted by Crippen LogP contribution is 2.26. The number of nitrogens with zero attached hydrogens (tertiary/aromatic N) is 1. The Morgan fingerprint density at radius 2 is 1.80 bits per heavy atom. The fourth-order valence-electron chi connectivity index (χ4n) is 3.70. The monoisotopic (exact) mass is 366 g/mol. The number of hydrazine groups is 1. The molecule has 0 spiro atoms. The number of benzene rings is 1. The maximum atomic E-state index is 13.0. The van der Waals surface area contributed by atoms with Gasteiger partial charge in [0.25, 0.3) is 0 Å². The number of hydrogen-bond donors (Lipinski definition) is 3. The van der Waals surface area contributed by atoms with Crippen LogP contribution in [-0.2, 0) is 14.8 Å². The van der Waals surface area contributed by atoms with Gasteiger partial charge in [0.2, 0.25) is 15.9 Å². The van der Waals surface area contributed by atoms with Crippen molar-refractivity contribution >= 4 is 21.6 Å². The zero-order valence-corrected chi connectivity index (χ0v) is 15.4. The van der Waals surface area contributed by atoms with E-state index in [0.717, 1.165) is 5.69 Å². The van der Waals surface area contributed by atoms with Gasteiger partial charge < -0.3 is 5.32 Å². The highest BCUT2D eigenvalue weighted by atomic mass is 32.2. The molecule has 3 atom stereocenters. The largest absolute Gasteiger partial charge is 0.326 e. The van der Waals surface area contributed by atoms with Crippen LogP contribution in [-0.4, -0.2) is 49.1 Å². The van der Waals surface area contributed by atoms with E-state index < -0.39 is 15.3 Å². The van der Waals surface area contributed by atoms with Crippen LogP contribution in [0.3, 0.4) is 0 Å². The summed E-state index contributed by atoms with van der Waals surface area (Å²) in [6, 6.07) is 8.92. The van der Waals surface area contributed by atoms with Crippen LogP contribution in [0.25, 0.3) is 0 Å². The number of anilines is 1. The van der Waals surface area contributed by atoms with E-state index >= 15 is 0 Å². The molecule has 1 aromatic carbocycles. The van der Waals surface area contributed by atoms with E-state index in [0.29, 0.717) is 19.4 Å². The number of nitrogens with one attached hydrogen (secondary N) is 3. The molecule has 0 bridgehead atoms. The van der Waals surface area contributed by atoms with E-state index in [2.05, 4.69) is 16.2 Å². The minimum Gasteiger partial charge on any atom is -0.326 e. The molecule has 2 heterocycles. The van der Waals surface area contributed by atoms with Crippen molar-refractivity contribution in [2.75, 3.05) is 18.4 Å². The van der Waals surface area contributed by atoms with E-state index in [1.807, 2.05) is 44.2 Å². The van der Waals surface area contributed by atoms with Gasteiger partial charge in [-0.05, 0) is 38.8 Å². The average molecular weight is 366 g/mol. The predicted octanol–water partition coefficient (Wildman–Crippen LogP) is 0.920. The van der Waals surface area contributed by atoms with Crippen LogP contribution in [0.4, 0.5) is 5.69 Å². The maximum absolute atomic E-state index is 13.0. The second kappa shape index (κ2) is 7.41. The van der Waals surface area contributed by atoms with Gasteiger partial charge in [0.05, 0.1) is 5.92 Å². The topological polar surface area (TPSA) is 90.5 Å². The Kier molecular flexibility index (Phi) is 5.43. The number of amides is 1. The molecule has 8 heteroatoms. The first kappa shape index (κ1) is 18.3. The summed E-state index contributed by atoms with van der Waals surface area (Å²) in [5, 5.41) is 2.36. The third-order valence-electron chi connectivity index (χ3n) is 5.02. The number of hydrogen-bond acceptors (Lipinski definition) is 5. The van der Waals surface area contributed by atoms with Crippen LogP contribution in [0.5, 0.6) is 0 Å². The Hall–Kier alpha value is -1.48. The average Bonchev–Trinajstić information content (AvgIpc) is 2.95. The molecule has 2 saturated heterocycles. The van der Waals surface area contributed by atoms with Crippen molar-refractivity contribution in [1.82, 2.24) is 15.2 Å². The van der Waals surface area contributed by atoms with Crippen LogP contribution in [0.1, 0.15) is 26.7 Å². The third kappa shape index (κ3) is 3.87. The SMILES string of the molecule is CC1NNC(C)C1S(=O)(=O)N1CCCC(C(=O)Nc2ccccc2)C1. The van der Waals surface area contributed by atoms with Crippen molar-refractivity contribution in [1.29, 1.82) is 0 Å². The fraction of sp³-hybridized carbons (Fsp3) is 0.588. The molecule has 1 aromatic rings.